The van der Waals surface area contributed by atoms with Crippen molar-refractivity contribution in [3.05, 3.63) is 46.5 Å². The highest BCUT2D eigenvalue weighted by Gasteiger charge is 2.06. The molecule has 0 bridgehead atoms. The van der Waals surface area contributed by atoms with E-state index in [4.69, 9.17) is 5.11 Å². The molecular weight excluding hydrogens is 258 g/mol. The largest absolute Gasteiger partial charge is 0.481 e. The molecule has 1 N–H and O–H groups in total. The Kier molecular flexibility index (Phi) is 4.47. The zero-order valence-corrected chi connectivity index (χ0v) is 11.3. The van der Waals surface area contributed by atoms with Gasteiger partial charge in [0.2, 0.25) is 0 Å². The summed E-state index contributed by atoms with van der Waals surface area (Å²) in [5.41, 5.74) is 1.21. The number of carboxylic acids is 1. The predicted octanol–water partition coefficient (Wildman–Crippen LogP) is 0.991. The number of nitrogens with zero attached hydrogens (tertiary/aromatic N) is 3. The fourth-order valence-corrected chi connectivity index (χ4v) is 2.04. The molecule has 0 unspecified atom stereocenters. The van der Waals surface area contributed by atoms with Crippen molar-refractivity contribution in [1.29, 1.82) is 0 Å². The van der Waals surface area contributed by atoms with Crippen molar-refractivity contribution in [3.63, 3.8) is 0 Å². The van der Waals surface area contributed by atoms with Gasteiger partial charge in [-0.15, -0.1) is 0 Å². The molecule has 2 rings (SSSR count). The van der Waals surface area contributed by atoms with Crippen molar-refractivity contribution < 1.29 is 9.90 Å². The van der Waals surface area contributed by atoms with Gasteiger partial charge in [0.15, 0.2) is 0 Å². The highest BCUT2D eigenvalue weighted by atomic mass is 16.4. The van der Waals surface area contributed by atoms with Crippen molar-refractivity contribution in [2.24, 2.45) is 0 Å². The third kappa shape index (κ3) is 3.64. The lowest BCUT2D eigenvalue weighted by Gasteiger charge is -2.15. The molecule has 0 aromatic carbocycles. The summed E-state index contributed by atoms with van der Waals surface area (Å²) in [4.78, 5) is 28.8. The van der Waals surface area contributed by atoms with E-state index in [9.17, 15) is 9.59 Å². The first kappa shape index (κ1) is 14.2. The topological polar surface area (TPSA) is 74.9 Å². The van der Waals surface area contributed by atoms with E-state index in [1.54, 1.807) is 18.3 Å². The summed E-state index contributed by atoms with van der Waals surface area (Å²) in [5.74, 6) is -0.791. The van der Waals surface area contributed by atoms with Gasteiger partial charge in [0.1, 0.15) is 5.65 Å². The molecule has 20 heavy (non-hydrogen) atoms. The van der Waals surface area contributed by atoms with E-state index in [1.165, 1.54) is 10.5 Å². The quantitative estimate of drug-likeness (QED) is 0.851. The van der Waals surface area contributed by atoms with Gasteiger partial charge in [-0.3, -0.25) is 14.0 Å². The molecule has 0 radical (unpaired) electrons. The van der Waals surface area contributed by atoms with Gasteiger partial charge in [-0.05, 0) is 32.1 Å². The monoisotopic (exact) mass is 275 g/mol. The van der Waals surface area contributed by atoms with Crippen molar-refractivity contribution in [1.82, 2.24) is 14.3 Å². The molecule has 0 saturated heterocycles. The second-order valence-electron chi connectivity index (χ2n) is 4.75. The molecule has 106 valence electrons. The third-order valence-corrected chi connectivity index (χ3v) is 2.99. The van der Waals surface area contributed by atoms with Gasteiger partial charge in [-0.25, -0.2) is 4.98 Å². The van der Waals surface area contributed by atoms with Crippen LogP contribution < -0.4 is 5.56 Å². The average Bonchev–Trinajstić information content (AvgIpc) is 2.38. The molecule has 2 aromatic heterocycles. The molecule has 0 fully saturated rings. The molecule has 6 heteroatoms. The van der Waals surface area contributed by atoms with Crippen LogP contribution in [-0.2, 0) is 11.3 Å². The third-order valence-electron chi connectivity index (χ3n) is 2.99. The zero-order valence-electron chi connectivity index (χ0n) is 11.3. The van der Waals surface area contributed by atoms with Crippen LogP contribution in [0.4, 0.5) is 0 Å². The first-order chi connectivity index (χ1) is 9.56. The predicted molar refractivity (Wildman–Crippen MR) is 74.7 cm³/mol. The first-order valence-corrected chi connectivity index (χ1v) is 6.44. The van der Waals surface area contributed by atoms with Crippen LogP contribution in [0.3, 0.4) is 0 Å². The Morgan fingerprint density at radius 1 is 1.45 bits per heavy atom. The first-order valence-electron chi connectivity index (χ1n) is 6.44. The van der Waals surface area contributed by atoms with Crippen LogP contribution in [-0.4, -0.2) is 39.0 Å². The maximum atomic E-state index is 11.9. The van der Waals surface area contributed by atoms with Crippen LogP contribution in [0.15, 0.2) is 35.3 Å². The van der Waals surface area contributed by atoms with Gasteiger partial charge in [-0.2, -0.15) is 0 Å². The Labute approximate surface area is 116 Å². The summed E-state index contributed by atoms with van der Waals surface area (Å²) in [6.45, 7) is 1.18. The number of aromatic nitrogens is 2. The molecule has 0 aliphatic rings. The van der Waals surface area contributed by atoms with E-state index >= 15 is 0 Å². The van der Waals surface area contributed by atoms with E-state index in [0.29, 0.717) is 30.9 Å². The lowest BCUT2D eigenvalue weighted by molar-refractivity contribution is -0.137. The summed E-state index contributed by atoms with van der Waals surface area (Å²) < 4.78 is 1.49. The molecule has 0 spiro atoms. The Morgan fingerprint density at radius 3 is 3.00 bits per heavy atom. The highest BCUT2D eigenvalue weighted by molar-refractivity contribution is 5.66. The average molecular weight is 275 g/mol. The van der Waals surface area contributed by atoms with Crippen LogP contribution in [0, 0.1) is 0 Å². The molecular formula is C14H17N3O3. The minimum Gasteiger partial charge on any atom is -0.481 e. The lowest BCUT2D eigenvalue weighted by atomic mass is 10.3. The molecule has 0 saturated carbocycles. The number of aliphatic carboxylic acids is 1. The maximum absolute atomic E-state index is 11.9. The second-order valence-corrected chi connectivity index (χ2v) is 4.75. The fourth-order valence-electron chi connectivity index (χ4n) is 2.04. The Hall–Kier alpha value is -2.21. The summed E-state index contributed by atoms with van der Waals surface area (Å²) in [5, 5.41) is 8.60. The van der Waals surface area contributed by atoms with Crippen molar-refractivity contribution in [3.8, 4) is 0 Å². The summed E-state index contributed by atoms with van der Waals surface area (Å²) in [7, 11) is 1.89. The number of hydrogen-bond acceptors (Lipinski definition) is 4. The zero-order chi connectivity index (χ0) is 14.5. The summed E-state index contributed by atoms with van der Waals surface area (Å²) in [6.07, 6.45) is 2.42. The number of carboxylic acid groups (broad SMARTS) is 1. The molecule has 0 atom stereocenters. The minimum absolute atomic E-state index is 0.107. The van der Waals surface area contributed by atoms with Gasteiger partial charge >= 0.3 is 5.97 Å². The lowest BCUT2D eigenvalue weighted by Crippen LogP contribution is -2.23. The molecule has 0 aliphatic carbocycles. The van der Waals surface area contributed by atoms with Crippen LogP contribution in [0.2, 0.25) is 0 Å². The van der Waals surface area contributed by atoms with E-state index in [0.717, 1.165) is 0 Å². The molecule has 0 aliphatic heterocycles. The van der Waals surface area contributed by atoms with Crippen LogP contribution in [0.25, 0.3) is 5.65 Å². The number of hydrogen-bond donors (Lipinski definition) is 1. The standard InChI is InChI=1S/C14H17N3O3/c1-16(7-4-6-14(19)20)10-11-9-13(18)17-8-3-2-5-12(17)15-11/h2-3,5,8-9H,4,6-7,10H2,1H3,(H,19,20). The van der Waals surface area contributed by atoms with Crippen molar-refractivity contribution in [2.75, 3.05) is 13.6 Å². The van der Waals surface area contributed by atoms with Gasteiger partial charge in [0.25, 0.3) is 5.56 Å². The molecule has 2 aromatic rings. The van der Waals surface area contributed by atoms with Crippen molar-refractivity contribution >= 4 is 11.6 Å². The SMILES string of the molecule is CN(CCCC(=O)O)Cc1cc(=O)n2ccccc2n1. The van der Waals surface area contributed by atoms with Gasteiger partial charge < -0.3 is 10.0 Å². The van der Waals surface area contributed by atoms with Gasteiger partial charge in [-0.1, -0.05) is 6.07 Å². The number of rotatable bonds is 6. The number of fused-ring (bicyclic) bond motifs is 1. The number of pyridine rings is 1. The number of carbonyl (C=O) groups is 1. The van der Waals surface area contributed by atoms with E-state index in [2.05, 4.69) is 4.98 Å². The summed E-state index contributed by atoms with van der Waals surface area (Å²) in [6, 6.07) is 6.92. The van der Waals surface area contributed by atoms with E-state index in [1.807, 2.05) is 18.0 Å². The van der Waals surface area contributed by atoms with Crippen molar-refractivity contribution in [2.45, 2.75) is 19.4 Å². The second kappa shape index (κ2) is 6.29. The van der Waals surface area contributed by atoms with Crippen LogP contribution >= 0.6 is 0 Å². The minimum atomic E-state index is -0.791. The normalized spacial score (nSPS) is 11.1. The summed E-state index contributed by atoms with van der Waals surface area (Å²) >= 11 is 0. The molecule has 2 heterocycles. The van der Waals surface area contributed by atoms with Crippen LogP contribution in [0.5, 0.6) is 0 Å². The molecule has 0 amide bonds. The van der Waals surface area contributed by atoms with Gasteiger partial charge in [0, 0.05) is 25.2 Å². The fraction of sp³-hybridized carbons (Fsp3) is 0.357. The highest BCUT2D eigenvalue weighted by Crippen LogP contribution is 2.03. The Balaban J connectivity index is 2.06. The van der Waals surface area contributed by atoms with E-state index < -0.39 is 5.97 Å². The van der Waals surface area contributed by atoms with Gasteiger partial charge in [0.05, 0.1) is 5.69 Å². The van der Waals surface area contributed by atoms with Crippen LogP contribution in [0.1, 0.15) is 18.5 Å². The Bertz CT molecular complexity index is 666. The van der Waals surface area contributed by atoms with E-state index in [-0.39, 0.29) is 12.0 Å². The molecule has 6 nitrogen and oxygen atoms in total. The maximum Gasteiger partial charge on any atom is 0.303 e. The smallest absolute Gasteiger partial charge is 0.303 e. The Morgan fingerprint density at radius 2 is 2.25 bits per heavy atom.